The van der Waals surface area contributed by atoms with Crippen molar-refractivity contribution in [1.29, 1.82) is 0 Å². The van der Waals surface area contributed by atoms with Crippen LogP contribution in [0.5, 0.6) is 0 Å². The van der Waals surface area contributed by atoms with E-state index in [4.69, 9.17) is 4.74 Å². The quantitative estimate of drug-likeness (QED) is 0.848. The molecule has 2 rings (SSSR count). The van der Waals surface area contributed by atoms with E-state index >= 15 is 0 Å². The summed E-state index contributed by atoms with van der Waals surface area (Å²) in [6.45, 7) is 8.68. The molecule has 1 heterocycles. The number of rotatable bonds is 6. The molecule has 19 heavy (non-hydrogen) atoms. The fourth-order valence-corrected chi connectivity index (χ4v) is 2.96. The van der Waals surface area contributed by atoms with E-state index in [9.17, 15) is 0 Å². The molecule has 1 aliphatic rings. The Balaban J connectivity index is 2.04. The minimum absolute atomic E-state index is 0.368. The summed E-state index contributed by atoms with van der Waals surface area (Å²) in [6, 6.07) is 9.28. The second kappa shape index (κ2) is 7.06. The predicted octanol–water partition coefficient (Wildman–Crippen LogP) is 3.33. The van der Waals surface area contributed by atoms with E-state index in [0.29, 0.717) is 18.1 Å². The van der Waals surface area contributed by atoms with Gasteiger partial charge in [-0.1, -0.05) is 43.7 Å². The van der Waals surface area contributed by atoms with Crippen molar-refractivity contribution in [2.45, 2.75) is 52.2 Å². The van der Waals surface area contributed by atoms with Gasteiger partial charge in [0, 0.05) is 12.6 Å². The molecule has 0 bridgehead atoms. The maximum Gasteiger partial charge on any atom is 0.0757 e. The molecule has 1 aromatic rings. The molecule has 1 aliphatic heterocycles. The van der Waals surface area contributed by atoms with Crippen LogP contribution in [0, 0.1) is 12.8 Å². The minimum atomic E-state index is 0.368. The molecular weight excluding hydrogens is 234 g/mol. The van der Waals surface area contributed by atoms with Crippen LogP contribution < -0.4 is 5.32 Å². The number of aryl methyl sites for hydroxylation is 1. The number of nitrogens with one attached hydrogen (secondary N) is 1. The Bertz CT molecular complexity index is 391. The van der Waals surface area contributed by atoms with Gasteiger partial charge in [-0.2, -0.15) is 0 Å². The number of hydrogen-bond donors (Lipinski definition) is 1. The molecule has 0 saturated carbocycles. The van der Waals surface area contributed by atoms with Crippen molar-refractivity contribution in [1.82, 2.24) is 5.32 Å². The molecule has 1 saturated heterocycles. The lowest BCUT2D eigenvalue weighted by atomic mass is 9.92. The molecule has 106 valence electrons. The van der Waals surface area contributed by atoms with E-state index in [1.165, 1.54) is 24.0 Å². The summed E-state index contributed by atoms with van der Waals surface area (Å²) in [5.41, 5.74) is 2.75. The van der Waals surface area contributed by atoms with Crippen LogP contribution in [0.15, 0.2) is 24.3 Å². The van der Waals surface area contributed by atoms with E-state index in [1.54, 1.807) is 0 Å². The van der Waals surface area contributed by atoms with Crippen molar-refractivity contribution < 1.29 is 4.74 Å². The second-order valence-corrected chi connectivity index (χ2v) is 5.86. The molecule has 1 aromatic carbocycles. The molecular formula is C17H27NO. The van der Waals surface area contributed by atoms with Gasteiger partial charge in [0.05, 0.1) is 6.10 Å². The topological polar surface area (TPSA) is 21.3 Å². The molecule has 0 radical (unpaired) electrons. The molecule has 0 aliphatic carbocycles. The Morgan fingerprint density at radius 3 is 2.89 bits per heavy atom. The third-order valence-corrected chi connectivity index (χ3v) is 4.04. The van der Waals surface area contributed by atoms with Gasteiger partial charge in [-0.15, -0.1) is 0 Å². The Morgan fingerprint density at radius 1 is 1.42 bits per heavy atom. The first-order valence-corrected chi connectivity index (χ1v) is 7.61. The zero-order valence-electron chi connectivity index (χ0n) is 12.5. The van der Waals surface area contributed by atoms with E-state index in [1.807, 2.05) is 0 Å². The molecule has 3 atom stereocenters. The molecule has 0 aromatic heterocycles. The standard InChI is InChI=1S/C17H27NO/c1-4-9-18-16(17-14(3)8-10-19-17)12-15-7-5-6-13(2)11-15/h5-7,11,14,16-18H,4,8-10,12H2,1-3H3. The van der Waals surface area contributed by atoms with E-state index in [0.717, 1.165) is 19.6 Å². The van der Waals surface area contributed by atoms with Gasteiger partial charge in [-0.3, -0.25) is 0 Å². The largest absolute Gasteiger partial charge is 0.376 e. The van der Waals surface area contributed by atoms with Crippen molar-refractivity contribution in [3.8, 4) is 0 Å². The van der Waals surface area contributed by atoms with Crippen LogP contribution in [-0.2, 0) is 11.2 Å². The normalized spacial score (nSPS) is 24.6. The summed E-state index contributed by atoms with van der Waals surface area (Å²) in [4.78, 5) is 0. The Labute approximate surface area is 117 Å². The third kappa shape index (κ3) is 4.05. The van der Waals surface area contributed by atoms with Crippen LogP contribution in [0.2, 0.25) is 0 Å². The van der Waals surface area contributed by atoms with Crippen molar-refractivity contribution in [2.75, 3.05) is 13.2 Å². The van der Waals surface area contributed by atoms with Gasteiger partial charge < -0.3 is 10.1 Å². The number of ether oxygens (including phenoxy) is 1. The van der Waals surface area contributed by atoms with Gasteiger partial charge in [0.15, 0.2) is 0 Å². The van der Waals surface area contributed by atoms with E-state index < -0.39 is 0 Å². The van der Waals surface area contributed by atoms with E-state index in [2.05, 4.69) is 50.4 Å². The number of benzene rings is 1. The maximum atomic E-state index is 5.96. The fraction of sp³-hybridized carbons (Fsp3) is 0.647. The Hall–Kier alpha value is -0.860. The predicted molar refractivity (Wildman–Crippen MR) is 80.5 cm³/mol. The Kier molecular flexibility index (Phi) is 5.41. The zero-order valence-corrected chi connectivity index (χ0v) is 12.5. The van der Waals surface area contributed by atoms with Gasteiger partial charge in [-0.25, -0.2) is 0 Å². The lowest BCUT2D eigenvalue weighted by Gasteiger charge is -2.27. The first kappa shape index (κ1) is 14.5. The van der Waals surface area contributed by atoms with Gasteiger partial charge in [0.2, 0.25) is 0 Å². The third-order valence-electron chi connectivity index (χ3n) is 4.04. The van der Waals surface area contributed by atoms with Gasteiger partial charge in [0.1, 0.15) is 0 Å². The number of hydrogen-bond acceptors (Lipinski definition) is 2. The highest BCUT2D eigenvalue weighted by molar-refractivity contribution is 5.23. The highest BCUT2D eigenvalue weighted by Crippen LogP contribution is 2.25. The maximum absolute atomic E-state index is 5.96. The smallest absolute Gasteiger partial charge is 0.0757 e. The average Bonchev–Trinajstić information content (AvgIpc) is 2.81. The van der Waals surface area contributed by atoms with Crippen molar-refractivity contribution in [3.05, 3.63) is 35.4 Å². The van der Waals surface area contributed by atoms with Crippen molar-refractivity contribution in [2.24, 2.45) is 5.92 Å². The van der Waals surface area contributed by atoms with Crippen molar-refractivity contribution in [3.63, 3.8) is 0 Å². The molecule has 0 amide bonds. The summed E-state index contributed by atoms with van der Waals surface area (Å²) in [5.74, 6) is 0.666. The molecule has 2 nitrogen and oxygen atoms in total. The second-order valence-electron chi connectivity index (χ2n) is 5.86. The summed E-state index contributed by atoms with van der Waals surface area (Å²) in [6.07, 6.45) is 3.80. The molecule has 1 N–H and O–H groups in total. The first-order chi connectivity index (χ1) is 9.20. The van der Waals surface area contributed by atoms with Crippen molar-refractivity contribution >= 4 is 0 Å². The highest BCUT2D eigenvalue weighted by atomic mass is 16.5. The minimum Gasteiger partial charge on any atom is -0.376 e. The van der Waals surface area contributed by atoms with Crippen LogP contribution >= 0.6 is 0 Å². The lowest BCUT2D eigenvalue weighted by Crippen LogP contribution is -2.44. The summed E-state index contributed by atoms with van der Waals surface area (Å²) < 4.78 is 5.96. The van der Waals surface area contributed by atoms with Crippen LogP contribution in [-0.4, -0.2) is 25.3 Å². The first-order valence-electron chi connectivity index (χ1n) is 7.61. The van der Waals surface area contributed by atoms with Gasteiger partial charge in [-0.05, 0) is 44.2 Å². The zero-order chi connectivity index (χ0) is 13.7. The fourth-order valence-electron chi connectivity index (χ4n) is 2.96. The molecule has 2 heteroatoms. The molecule has 0 spiro atoms. The summed E-state index contributed by atoms with van der Waals surface area (Å²) in [7, 11) is 0. The average molecular weight is 261 g/mol. The van der Waals surface area contributed by atoms with Crippen LogP contribution in [0.25, 0.3) is 0 Å². The summed E-state index contributed by atoms with van der Waals surface area (Å²) in [5, 5.41) is 3.68. The van der Waals surface area contributed by atoms with E-state index in [-0.39, 0.29) is 0 Å². The van der Waals surface area contributed by atoms with Gasteiger partial charge in [0.25, 0.3) is 0 Å². The monoisotopic (exact) mass is 261 g/mol. The SMILES string of the molecule is CCCNC(Cc1cccc(C)c1)C1OCCC1C. The summed E-state index contributed by atoms with van der Waals surface area (Å²) >= 11 is 0. The van der Waals surface area contributed by atoms with Crippen LogP contribution in [0.4, 0.5) is 0 Å². The van der Waals surface area contributed by atoms with Crippen LogP contribution in [0.1, 0.15) is 37.8 Å². The Morgan fingerprint density at radius 2 is 2.26 bits per heavy atom. The van der Waals surface area contributed by atoms with Crippen LogP contribution in [0.3, 0.4) is 0 Å². The highest BCUT2D eigenvalue weighted by Gasteiger charge is 2.31. The van der Waals surface area contributed by atoms with Gasteiger partial charge >= 0.3 is 0 Å². The molecule has 3 unspecified atom stereocenters. The lowest BCUT2D eigenvalue weighted by molar-refractivity contribution is 0.0610. The molecule has 1 fully saturated rings.